The topological polar surface area (TPSA) is 161 Å². The molecule has 3 aromatic heterocycles. The molecule has 16 nitrogen and oxygen atoms in total. The zero-order chi connectivity index (χ0) is 52.8. The van der Waals surface area contributed by atoms with Gasteiger partial charge < -0.3 is 19.4 Å². The summed E-state index contributed by atoms with van der Waals surface area (Å²) in [6.45, 7) is 9.12. The Hall–Kier alpha value is -7.35. The number of piperazine rings is 2. The van der Waals surface area contributed by atoms with Crippen LogP contribution in [0.2, 0.25) is 0 Å². The first-order valence-corrected chi connectivity index (χ1v) is 26.9. The van der Waals surface area contributed by atoms with Crippen LogP contribution in [0.25, 0.3) is 32.2 Å². The number of nitrogens with zero attached hydrogens (tertiary/aromatic N) is 9. The van der Waals surface area contributed by atoms with Gasteiger partial charge in [-0.1, -0.05) is 59.9 Å². The summed E-state index contributed by atoms with van der Waals surface area (Å²) in [6.07, 6.45) is 3.24. The fourth-order valence-electron chi connectivity index (χ4n) is 11.6. The van der Waals surface area contributed by atoms with E-state index in [4.69, 9.17) is 14.8 Å². The lowest BCUT2D eigenvalue weighted by molar-refractivity contribution is -0.136. The molecule has 11 rings (SSSR count). The van der Waals surface area contributed by atoms with Crippen molar-refractivity contribution in [2.45, 2.75) is 70.5 Å². The van der Waals surface area contributed by atoms with E-state index >= 15 is 8.78 Å². The number of fused-ring (bicyclic) bond motifs is 3. The third kappa shape index (κ3) is 10.3. The van der Waals surface area contributed by atoms with Crippen LogP contribution in [-0.4, -0.2) is 142 Å². The van der Waals surface area contributed by atoms with Gasteiger partial charge in [0, 0.05) is 101 Å². The second-order valence-corrected chi connectivity index (χ2v) is 21.7. The quantitative estimate of drug-likeness (QED) is 0.109. The summed E-state index contributed by atoms with van der Waals surface area (Å²) in [5, 5.41) is 11.6. The number of hydrogen-bond donors (Lipinski definition) is 2. The zero-order valence-corrected chi connectivity index (χ0v) is 43.9. The smallest absolute Gasteiger partial charge is 0.293 e. The number of aryl methyl sites for hydroxylation is 1. The fourth-order valence-corrected chi connectivity index (χ4v) is 12.5. The molecule has 4 amide bonds. The van der Waals surface area contributed by atoms with Crippen LogP contribution >= 0.6 is 11.3 Å². The summed E-state index contributed by atoms with van der Waals surface area (Å²) in [5.41, 5.74) is 8.48. The lowest BCUT2D eigenvalue weighted by Crippen LogP contribution is -2.61. The highest BCUT2D eigenvalue weighted by Gasteiger charge is 2.39. The Labute approximate surface area is 443 Å². The molecule has 3 fully saturated rings. The second-order valence-electron chi connectivity index (χ2n) is 20.7. The largest absolute Gasteiger partial charge is 0.487 e. The molecule has 7 aromatic rings. The molecule has 0 aliphatic carbocycles. The van der Waals surface area contributed by atoms with E-state index in [0.29, 0.717) is 74.4 Å². The second kappa shape index (κ2) is 21.0. The molecule has 394 valence electrons. The van der Waals surface area contributed by atoms with E-state index in [2.05, 4.69) is 36.4 Å². The summed E-state index contributed by atoms with van der Waals surface area (Å²) in [6, 6.07) is 28.7. The number of imide groups is 1. The molecule has 19 heteroatoms. The number of rotatable bonds is 13. The molecule has 4 aromatic carbocycles. The van der Waals surface area contributed by atoms with Gasteiger partial charge in [-0.25, -0.2) is 18.7 Å². The SMILES string of the molecule is Cc1c(OCC(F)(F)CN2CC(C)N(CC(=O)N3CCN(c4cccc5c(C6CCC(=O)NC6=O)nn(C)c45)CC3)C(C)C2)cccc1-c1ccc(N2CCc3cccc(C(=O)Nc4nc5ccccc5s4)c3C2)nc1. The number of piperidine rings is 1. The summed E-state index contributed by atoms with van der Waals surface area (Å²) in [5.74, 6) is -3.26. The number of carbonyl (C=O) groups is 4. The van der Waals surface area contributed by atoms with Gasteiger partial charge >= 0.3 is 0 Å². The monoisotopic (exact) mass is 1050 g/mol. The molecular formula is C57H61F2N11O5S. The predicted octanol–water partition coefficient (Wildman–Crippen LogP) is 7.65. The average molecular weight is 1050 g/mol. The maximum Gasteiger partial charge on any atom is 0.293 e. The summed E-state index contributed by atoms with van der Waals surface area (Å²) in [4.78, 5) is 71.6. The number of pyridine rings is 1. The van der Waals surface area contributed by atoms with Gasteiger partial charge in [-0.05, 0) is 98.3 Å². The number of ether oxygens (including phenoxy) is 1. The van der Waals surface area contributed by atoms with Gasteiger partial charge in [0.25, 0.3) is 11.8 Å². The van der Waals surface area contributed by atoms with Crippen molar-refractivity contribution >= 4 is 72.7 Å². The number of carbonyl (C=O) groups excluding carboxylic acids is 4. The summed E-state index contributed by atoms with van der Waals surface area (Å²) >= 11 is 1.45. The lowest BCUT2D eigenvalue weighted by Gasteiger charge is -2.45. The fraction of sp³-hybridized carbons (Fsp3) is 0.386. The predicted molar refractivity (Wildman–Crippen MR) is 290 cm³/mol. The Bertz CT molecular complexity index is 3310. The highest BCUT2D eigenvalue weighted by molar-refractivity contribution is 7.22. The van der Waals surface area contributed by atoms with Crippen LogP contribution in [0.1, 0.15) is 65.3 Å². The van der Waals surface area contributed by atoms with Crippen LogP contribution in [0, 0.1) is 6.92 Å². The molecule has 2 N–H and O–H groups in total. The van der Waals surface area contributed by atoms with Crippen LogP contribution in [0.4, 0.5) is 25.4 Å². The van der Waals surface area contributed by atoms with Crippen molar-refractivity contribution in [2.24, 2.45) is 7.05 Å². The number of hydrogen-bond acceptors (Lipinski definition) is 13. The normalized spacial score (nSPS) is 19.8. The highest BCUT2D eigenvalue weighted by Crippen LogP contribution is 2.37. The van der Waals surface area contributed by atoms with Crippen molar-refractivity contribution in [3.63, 3.8) is 0 Å². The van der Waals surface area contributed by atoms with Crippen LogP contribution in [0.3, 0.4) is 0 Å². The van der Waals surface area contributed by atoms with Crippen molar-refractivity contribution < 1.29 is 32.7 Å². The number of anilines is 3. The van der Waals surface area contributed by atoms with Crippen molar-refractivity contribution in [1.29, 1.82) is 0 Å². The van der Waals surface area contributed by atoms with Gasteiger partial charge in [0.2, 0.25) is 17.7 Å². The maximum atomic E-state index is 15.8. The van der Waals surface area contributed by atoms with E-state index in [9.17, 15) is 19.2 Å². The van der Waals surface area contributed by atoms with Crippen molar-refractivity contribution in [3.05, 3.63) is 125 Å². The van der Waals surface area contributed by atoms with E-state index in [-0.39, 0.29) is 48.7 Å². The first kappa shape index (κ1) is 50.8. The number of nitrogens with one attached hydrogen (secondary N) is 2. The first-order chi connectivity index (χ1) is 36.7. The molecule has 3 atom stereocenters. The number of thiazole rings is 1. The zero-order valence-electron chi connectivity index (χ0n) is 43.1. The summed E-state index contributed by atoms with van der Waals surface area (Å²) in [7, 11) is 1.86. The minimum Gasteiger partial charge on any atom is -0.487 e. The molecule has 7 heterocycles. The molecule has 3 saturated heterocycles. The third-order valence-corrected chi connectivity index (χ3v) is 16.5. The number of alkyl halides is 2. The minimum atomic E-state index is -3.14. The van der Waals surface area contributed by atoms with Gasteiger partial charge in [-0.3, -0.25) is 44.3 Å². The van der Waals surface area contributed by atoms with Gasteiger partial charge in [0.05, 0.1) is 46.1 Å². The molecule has 76 heavy (non-hydrogen) atoms. The number of aromatic nitrogens is 4. The summed E-state index contributed by atoms with van der Waals surface area (Å²) < 4.78 is 40.4. The minimum absolute atomic E-state index is 0.0145. The Morgan fingerprint density at radius 1 is 0.882 bits per heavy atom. The maximum absolute atomic E-state index is 15.8. The third-order valence-electron chi connectivity index (χ3n) is 15.5. The number of benzene rings is 4. The molecular weight excluding hydrogens is 989 g/mol. The Morgan fingerprint density at radius 2 is 1.66 bits per heavy atom. The molecule has 0 spiro atoms. The molecule has 3 unspecified atom stereocenters. The number of amides is 4. The van der Waals surface area contributed by atoms with Crippen LogP contribution < -0.4 is 25.2 Å². The Balaban J connectivity index is 0.660. The van der Waals surface area contributed by atoms with Crippen molar-refractivity contribution in [1.82, 2.24) is 39.8 Å². The number of para-hydroxylation sites is 2. The van der Waals surface area contributed by atoms with Gasteiger partial charge in [-0.15, -0.1) is 0 Å². The molecule has 4 aliphatic rings. The first-order valence-electron chi connectivity index (χ1n) is 26.1. The molecule has 0 bridgehead atoms. The average Bonchev–Trinajstić information content (AvgIpc) is 3.99. The van der Waals surface area contributed by atoms with E-state index in [1.54, 1.807) is 27.9 Å². The Kier molecular flexibility index (Phi) is 14.0. The number of halogens is 2. The molecule has 0 radical (unpaired) electrons. The van der Waals surface area contributed by atoms with E-state index < -0.39 is 25.0 Å². The van der Waals surface area contributed by atoms with Crippen LogP contribution in [-0.2, 0) is 34.4 Å². The van der Waals surface area contributed by atoms with E-state index in [1.165, 1.54) is 11.3 Å². The van der Waals surface area contributed by atoms with Crippen LogP contribution in [0.5, 0.6) is 5.75 Å². The van der Waals surface area contributed by atoms with E-state index in [0.717, 1.165) is 73.4 Å². The molecule has 4 aliphatic heterocycles. The van der Waals surface area contributed by atoms with Crippen LogP contribution in [0.15, 0.2) is 97.2 Å². The van der Waals surface area contributed by atoms with Gasteiger partial charge in [0.1, 0.15) is 11.6 Å². The standard InChI is InChI=1S/C57H61F2N11O5S/c1-35-29-66(30-36(2)70(35)32-51(72)68-26-24-67(25-27-68)46-15-8-13-42-52(64-65(4)53(42)46)43-19-21-50(71)62-55(43)74)33-57(58,59)34-75-47-16-9-11-40(37(47)3)39-18-20-49(60-28-39)69-23-22-38-10-7-12-41(44(38)31-69)54(73)63-56-61-45-14-5-6-17-48(45)76-56/h5-18,20,28,35-36,43H,19,21-27,29-34H2,1-4H3,(H,61,63,73)(H,62,71,74). The Morgan fingerprint density at radius 3 is 2.42 bits per heavy atom. The van der Waals surface area contributed by atoms with Crippen molar-refractivity contribution in [3.8, 4) is 16.9 Å². The molecule has 0 saturated carbocycles. The van der Waals surface area contributed by atoms with Gasteiger partial charge in [-0.2, -0.15) is 5.10 Å². The highest BCUT2D eigenvalue weighted by atomic mass is 32.1. The van der Waals surface area contributed by atoms with E-state index in [1.807, 2.05) is 106 Å². The van der Waals surface area contributed by atoms with Crippen molar-refractivity contribution in [2.75, 3.05) is 80.6 Å². The van der Waals surface area contributed by atoms with Gasteiger partial charge in [0.15, 0.2) is 11.7 Å². The lowest BCUT2D eigenvalue weighted by atomic mass is 9.92.